The molecule has 19 heavy (non-hydrogen) atoms. The molecule has 3 nitrogen and oxygen atoms in total. The minimum Gasteiger partial charge on any atom is -0.403 e. The van der Waals surface area contributed by atoms with Gasteiger partial charge < -0.3 is 4.74 Å². The molecule has 1 rings (SSSR count). The van der Waals surface area contributed by atoms with Crippen LogP contribution in [-0.4, -0.2) is 11.3 Å². The smallest absolute Gasteiger partial charge is 0.403 e. The van der Waals surface area contributed by atoms with Crippen LogP contribution in [0.1, 0.15) is 23.2 Å². The predicted octanol–water partition coefficient (Wildman–Crippen LogP) is 3.88. The molecule has 1 heterocycles. The van der Waals surface area contributed by atoms with Crippen molar-refractivity contribution in [1.82, 2.24) is 4.98 Å². The molecule has 1 aromatic heterocycles. The summed E-state index contributed by atoms with van der Waals surface area (Å²) in [7, 11) is 0. The fourth-order valence-electron chi connectivity index (χ4n) is 1.38. The standard InChI is InChI=1S/C10H6BrF5N2O/c11-3-6-8(19-10(14,15)16)7(9(12)13)5(1-2-17)4-18-6/h4,9H,1,3H2. The Morgan fingerprint density at radius 2 is 2.05 bits per heavy atom. The van der Waals surface area contributed by atoms with Crippen molar-refractivity contribution >= 4 is 15.9 Å². The number of halogens is 6. The maximum absolute atomic E-state index is 12.9. The third-order valence-electron chi connectivity index (χ3n) is 2.06. The van der Waals surface area contributed by atoms with Gasteiger partial charge in [-0.1, -0.05) is 15.9 Å². The van der Waals surface area contributed by atoms with Gasteiger partial charge in [-0.3, -0.25) is 4.98 Å². The van der Waals surface area contributed by atoms with E-state index in [1.54, 1.807) is 6.07 Å². The predicted molar refractivity (Wildman–Crippen MR) is 57.8 cm³/mol. The van der Waals surface area contributed by atoms with Crippen molar-refractivity contribution in [2.45, 2.75) is 24.5 Å². The Morgan fingerprint density at radius 1 is 1.42 bits per heavy atom. The van der Waals surface area contributed by atoms with Crippen LogP contribution in [0, 0.1) is 11.3 Å². The normalized spacial score (nSPS) is 11.5. The SMILES string of the molecule is N#CCc1cnc(CBr)c(OC(F)(F)F)c1C(F)F. The first-order chi connectivity index (χ1) is 8.80. The van der Waals surface area contributed by atoms with E-state index in [0.29, 0.717) is 0 Å². The first-order valence-corrected chi connectivity index (χ1v) is 5.89. The quantitative estimate of drug-likeness (QED) is 0.615. The minimum atomic E-state index is -5.12. The third kappa shape index (κ3) is 4.02. The number of nitrogens with zero attached hydrogens (tertiary/aromatic N) is 2. The average molecular weight is 345 g/mol. The maximum Gasteiger partial charge on any atom is 0.573 e. The lowest BCUT2D eigenvalue weighted by atomic mass is 10.1. The molecule has 0 aliphatic carbocycles. The fourth-order valence-corrected chi connectivity index (χ4v) is 1.77. The highest BCUT2D eigenvalue weighted by Gasteiger charge is 2.35. The van der Waals surface area contributed by atoms with Crippen molar-refractivity contribution in [2.75, 3.05) is 0 Å². The first-order valence-electron chi connectivity index (χ1n) is 4.77. The highest BCUT2D eigenvalue weighted by atomic mass is 79.9. The van der Waals surface area contributed by atoms with E-state index in [1.807, 2.05) is 0 Å². The summed E-state index contributed by atoms with van der Waals surface area (Å²) >= 11 is 2.84. The summed E-state index contributed by atoms with van der Waals surface area (Å²) in [4.78, 5) is 3.59. The number of nitriles is 1. The molecule has 0 aromatic carbocycles. The molecule has 0 fully saturated rings. The number of hydrogen-bond acceptors (Lipinski definition) is 3. The number of rotatable bonds is 4. The zero-order chi connectivity index (χ0) is 14.6. The lowest BCUT2D eigenvalue weighted by molar-refractivity contribution is -0.275. The van der Waals surface area contributed by atoms with Crippen LogP contribution >= 0.6 is 15.9 Å². The van der Waals surface area contributed by atoms with Crippen LogP contribution in [0.5, 0.6) is 5.75 Å². The largest absolute Gasteiger partial charge is 0.573 e. The van der Waals surface area contributed by atoms with Gasteiger partial charge in [0, 0.05) is 11.5 Å². The maximum atomic E-state index is 12.9. The van der Waals surface area contributed by atoms with Crippen LogP contribution < -0.4 is 4.74 Å². The number of alkyl halides is 6. The molecule has 9 heteroatoms. The molecule has 0 saturated carbocycles. The van der Waals surface area contributed by atoms with Crippen molar-refractivity contribution in [2.24, 2.45) is 0 Å². The van der Waals surface area contributed by atoms with Gasteiger partial charge in [-0.25, -0.2) is 8.78 Å². The number of aromatic nitrogens is 1. The van der Waals surface area contributed by atoms with Crippen LogP contribution in [0.4, 0.5) is 22.0 Å². The van der Waals surface area contributed by atoms with Gasteiger partial charge in [0.15, 0.2) is 5.75 Å². The van der Waals surface area contributed by atoms with Gasteiger partial charge in [-0.05, 0) is 5.56 Å². The molecular weight excluding hydrogens is 339 g/mol. The Kier molecular flexibility index (Phi) is 5.05. The second kappa shape index (κ2) is 6.14. The summed E-state index contributed by atoms with van der Waals surface area (Å²) in [6, 6.07) is 1.58. The van der Waals surface area contributed by atoms with E-state index in [-0.39, 0.29) is 16.6 Å². The fraction of sp³-hybridized carbons (Fsp3) is 0.400. The van der Waals surface area contributed by atoms with E-state index in [9.17, 15) is 22.0 Å². The Hall–Kier alpha value is -1.43. The molecule has 0 radical (unpaired) electrons. The second-order valence-electron chi connectivity index (χ2n) is 3.29. The minimum absolute atomic E-state index is 0.190. The lowest BCUT2D eigenvalue weighted by Gasteiger charge is -2.17. The Bertz CT molecular complexity index is 498. The number of ether oxygens (including phenoxy) is 1. The van der Waals surface area contributed by atoms with E-state index < -0.39 is 30.5 Å². The van der Waals surface area contributed by atoms with Crippen LogP contribution in [0.3, 0.4) is 0 Å². The molecule has 0 aliphatic rings. The summed E-state index contributed by atoms with van der Waals surface area (Å²) in [6.45, 7) is 0. The van der Waals surface area contributed by atoms with Crippen molar-refractivity contribution in [3.05, 3.63) is 23.0 Å². The monoisotopic (exact) mass is 344 g/mol. The first kappa shape index (κ1) is 15.6. The zero-order valence-corrected chi connectivity index (χ0v) is 10.7. The van der Waals surface area contributed by atoms with Crippen LogP contribution in [0.25, 0.3) is 0 Å². The molecule has 0 unspecified atom stereocenters. The van der Waals surface area contributed by atoms with Crippen molar-refractivity contribution in [1.29, 1.82) is 5.26 Å². The summed E-state index contributed by atoms with van der Waals surface area (Å²) < 4.78 is 66.2. The van der Waals surface area contributed by atoms with Gasteiger partial charge in [-0.15, -0.1) is 13.2 Å². The van der Waals surface area contributed by atoms with Gasteiger partial charge >= 0.3 is 6.36 Å². The van der Waals surface area contributed by atoms with Gasteiger partial charge in [0.2, 0.25) is 0 Å². The molecular formula is C10H6BrF5N2O. The highest BCUT2D eigenvalue weighted by molar-refractivity contribution is 9.08. The van der Waals surface area contributed by atoms with E-state index in [1.165, 1.54) is 0 Å². The van der Waals surface area contributed by atoms with E-state index in [0.717, 1.165) is 6.20 Å². The zero-order valence-electron chi connectivity index (χ0n) is 9.14. The van der Waals surface area contributed by atoms with Crippen molar-refractivity contribution in [3.8, 4) is 11.8 Å². The molecule has 0 amide bonds. The Morgan fingerprint density at radius 3 is 2.47 bits per heavy atom. The molecule has 0 bridgehead atoms. The summed E-state index contributed by atoms with van der Waals surface area (Å²) in [5.74, 6) is -1.05. The molecule has 0 aliphatic heterocycles. The van der Waals surface area contributed by atoms with E-state index in [2.05, 4.69) is 25.7 Å². The second-order valence-corrected chi connectivity index (χ2v) is 3.85. The third-order valence-corrected chi connectivity index (χ3v) is 2.59. The van der Waals surface area contributed by atoms with Gasteiger partial charge in [0.25, 0.3) is 6.43 Å². The van der Waals surface area contributed by atoms with E-state index >= 15 is 0 Å². The summed E-state index contributed by atoms with van der Waals surface area (Å²) in [5, 5.41) is 8.29. The van der Waals surface area contributed by atoms with Gasteiger partial charge in [0.1, 0.15) is 0 Å². The van der Waals surface area contributed by atoms with Crippen molar-refractivity contribution in [3.63, 3.8) is 0 Å². The van der Waals surface area contributed by atoms with E-state index in [4.69, 9.17) is 5.26 Å². The molecule has 0 spiro atoms. The lowest BCUT2D eigenvalue weighted by Crippen LogP contribution is -2.20. The Balaban J connectivity index is 3.44. The van der Waals surface area contributed by atoms with Crippen LogP contribution in [0.15, 0.2) is 6.20 Å². The molecule has 1 aromatic rings. The molecule has 0 atom stereocenters. The topological polar surface area (TPSA) is 45.9 Å². The Labute approximate surface area is 113 Å². The molecule has 104 valence electrons. The average Bonchev–Trinajstić information content (AvgIpc) is 2.27. The summed E-state index contributed by atoms with van der Waals surface area (Å²) in [5.41, 5.74) is -1.56. The molecule has 0 N–H and O–H groups in total. The number of pyridine rings is 1. The van der Waals surface area contributed by atoms with Gasteiger partial charge in [-0.2, -0.15) is 5.26 Å². The van der Waals surface area contributed by atoms with Crippen molar-refractivity contribution < 1.29 is 26.7 Å². The van der Waals surface area contributed by atoms with Crippen LogP contribution in [-0.2, 0) is 11.8 Å². The van der Waals surface area contributed by atoms with Gasteiger partial charge in [0.05, 0.1) is 23.7 Å². The van der Waals surface area contributed by atoms with Crippen LogP contribution in [0.2, 0.25) is 0 Å². The molecule has 0 saturated heterocycles. The highest BCUT2D eigenvalue weighted by Crippen LogP contribution is 2.38. The summed E-state index contributed by atoms with van der Waals surface area (Å²) in [6.07, 6.45) is -7.86. The number of hydrogen-bond donors (Lipinski definition) is 0.